The van der Waals surface area contributed by atoms with Gasteiger partial charge in [0.25, 0.3) is 5.69 Å². The van der Waals surface area contributed by atoms with Gasteiger partial charge >= 0.3 is 0 Å². The molecule has 5 heteroatoms. The molecule has 0 aliphatic heterocycles. The smallest absolute Gasteiger partial charge is 0.269 e. The Hall–Kier alpha value is -2.43. The predicted octanol–water partition coefficient (Wildman–Crippen LogP) is 3.65. The van der Waals surface area contributed by atoms with Crippen LogP contribution in [0.2, 0.25) is 0 Å². The summed E-state index contributed by atoms with van der Waals surface area (Å²) in [4.78, 5) is 10.2. The van der Waals surface area contributed by atoms with Crippen molar-refractivity contribution < 1.29 is 9.31 Å². The topological polar surface area (TPSA) is 55.2 Å². The van der Waals surface area contributed by atoms with E-state index in [-0.39, 0.29) is 11.5 Å². The van der Waals surface area contributed by atoms with Crippen LogP contribution in [0.15, 0.2) is 42.5 Å². The van der Waals surface area contributed by atoms with E-state index in [1.54, 1.807) is 31.2 Å². The Kier molecular flexibility index (Phi) is 3.75. The molecule has 0 fully saturated rings. The van der Waals surface area contributed by atoms with Gasteiger partial charge in [0, 0.05) is 29.9 Å². The molecule has 0 heterocycles. The average molecular weight is 260 g/mol. The SMILES string of the molecule is Cc1cc([N+](=O)[O-])ccc1NCc1ccccc1F. The lowest BCUT2D eigenvalue weighted by Gasteiger charge is -2.10. The van der Waals surface area contributed by atoms with Gasteiger partial charge in [-0.15, -0.1) is 0 Å². The first kappa shape index (κ1) is 13.0. The summed E-state index contributed by atoms with van der Waals surface area (Å²) in [6.07, 6.45) is 0. The van der Waals surface area contributed by atoms with E-state index in [0.717, 1.165) is 11.3 Å². The van der Waals surface area contributed by atoms with Crippen LogP contribution in [0.5, 0.6) is 0 Å². The van der Waals surface area contributed by atoms with Crippen molar-refractivity contribution in [2.75, 3.05) is 5.32 Å². The van der Waals surface area contributed by atoms with Crippen LogP contribution in [0, 0.1) is 22.9 Å². The molecule has 2 rings (SSSR count). The average Bonchev–Trinajstić information content (AvgIpc) is 2.39. The van der Waals surface area contributed by atoms with E-state index in [1.807, 2.05) is 0 Å². The molecule has 2 aromatic rings. The van der Waals surface area contributed by atoms with Gasteiger partial charge in [-0.25, -0.2) is 4.39 Å². The maximum atomic E-state index is 13.4. The van der Waals surface area contributed by atoms with Crippen molar-refractivity contribution in [2.24, 2.45) is 0 Å². The number of hydrogen-bond acceptors (Lipinski definition) is 3. The highest BCUT2D eigenvalue weighted by molar-refractivity contribution is 5.55. The molecule has 98 valence electrons. The lowest BCUT2D eigenvalue weighted by atomic mass is 10.1. The maximum absolute atomic E-state index is 13.4. The van der Waals surface area contributed by atoms with E-state index in [9.17, 15) is 14.5 Å². The number of rotatable bonds is 4. The van der Waals surface area contributed by atoms with Crippen molar-refractivity contribution in [3.8, 4) is 0 Å². The van der Waals surface area contributed by atoms with Gasteiger partial charge < -0.3 is 5.32 Å². The number of non-ortho nitro benzene ring substituents is 1. The maximum Gasteiger partial charge on any atom is 0.269 e. The van der Waals surface area contributed by atoms with Crippen LogP contribution in [0.1, 0.15) is 11.1 Å². The number of halogens is 1. The number of nitro groups is 1. The van der Waals surface area contributed by atoms with Gasteiger partial charge in [-0.05, 0) is 24.6 Å². The van der Waals surface area contributed by atoms with Crippen LogP contribution in [0.4, 0.5) is 15.8 Å². The molecule has 1 N–H and O–H groups in total. The van der Waals surface area contributed by atoms with Gasteiger partial charge in [-0.1, -0.05) is 18.2 Å². The molecule has 0 aliphatic rings. The first-order valence-electron chi connectivity index (χ1n) is 5.80. The Bertz CT molecular complexity index is 614. The summed E-state index contributed by atoms with van der Waals surface area (Å²) in [7, 11) is 0. The molecule has 0 unspecified atom stereocenters. The fraction of sp³-hybridized carbons (Fsp3) is 0.143. The number of nitro benzene ring substituents is 1. The Morgan fingerprint density at radius 1 is 1.26 bits per heavy atom. The summed E-state index contributed by atoms with van der Waals surface area (Å²) >= 11 is 0. The largest absolute Gasteiger partial charge is 0.381 e. The first-order valence-corrected chi connectivity index (χ1v) is 5.80. The van der Waals surface area contributed by atoms with Crippen LogP contribution in [0.3, 0.4) is 0 Å². The van der Waals surface area contributed by atoms with Gasteiger partial charge in [0.15, 0.2) is 0 Å². The zero-order valence-corrected chi connectivity index (χ0v) is 10.4. The van der Waals surface area contributed by atoms with Crippen LogP contribution in [-0.2, 0) is 6.54 Å². The summed E-state index contributed by atoms with van der Waals surface area (Å²) in [5.74, 6) is -0.269. The normalized spacial score (nSPS) is 10.2. The van der Waals surface area contributed by atoms with Crippen LogP contribution < -0.4 is 5.32 Å². The zero-order chi connectivity index (χ0) is 13.8. The molecule has 0 radical (unpaired) electrons. The van der Waals surface area contributed by atoms with E-state index < -0.39 is 4.92 Å². The molecular formula is C14H13FN2O2. The van der Waals surface area contributed by atoms with Crippen molar-refractivity contribution in [1.29, 1.82) is 0 Å². The fourth-order valence-electron chi connectivity index (χ4n) is 1.79. The highest BCUT2D eigenvalue weighted by Crippen LogP contribution is 2.22. The highest BCUT2D eigenvalue weighted by atomic mass is 19.1. The monoisotopic (exact) mass is 260 g/mol. The molecule has 0 bridgehead atoms. The molecule has 19 heavy (non-hydrogen) atoms. The van der Waals surface area contributed by atoms with Crippen molar-refractivity contribution in [3.63, 3.8) is 0 Å². The molecule has 0 aromatic heterocycles. The quantitative estimate of drug-likeness (QED) is 0.674. The third kappa shape index (κ3) is 3.07. The van der Waals surface area contributed by atoms with Gasteiger partial charge in [-0.2, -0.15) is 0 Å². The number of nitrogens with zero attached hydrogens (tertiary/aromatic N) is 1. The number of benzene rings is 2. The molecule has 0 saturated carbocycles. The van der Waals surface area contributed by atoms with Crippen LogP contribution >= 0.6 is 0 Å². The van der Waals surface area contributed by atoms with E-state index in [2.05, 4.69) is 5.32 Å². The molecule has 4 nitrogen and oxygen atoms in total. The van der Waals surface area contributed by atoms with E-state index in [1.165, 1.54) is 18.2 Å². The Morgan fingerprint density at radius 2 is 2.00 bits per heavy atom. The summed E-state index contributed by atoms with van der Waals surface area (Å²) in [5, 5.41) is 13.7. The fourth-order valence-corrected chi connectivity index (χ4v) is 1.79. The number of nitrogens with one attached hydrogen (secondary N) is 1. The lowest BCUT2D eigenvalue weighted by molar-refractivity contribution is -0.384. The van der Waals surface area contributed by atoms with Gasteiger partial charge in [0.1, 0.15) is 5.82 Å². The number of hydrogen-bond donors (Lipinski definition) is 1. The number of aryl methyl sites for hydroxylation is 1. The molecule has 0 saturated heterocycles. The summed E-state index contributed by atoms with van der Waals surface area (Å²) in [6.45, 7) is 2.11. The number of anilines is 1. The Morgan fingerprint density at radius 3 is 2.63 bits per heavy atom. The van der Waals surface area contributed by atoms with Crippen molar-refractivity contribution in [2.45, 2.75) is 13.5 Å². The molecule has 0 atom stereocenters. The minimum absolute atomic E-state index is 0.0499. The summed E-state index contributed by atoms with van der Waals surface area (Å²) in [6, 6.07) is 11.1. The second kappa shape index (κ2) is 5.48. The van der Waals surface area contributed by atoms with E-state index >= 15 is 0 Å². The minimum Gasteiger partial charge on any atom is -0.381 e. The summed E-state index contributed by atoms with van der Waals surface area (Å²) in [5.41, 5.74) is 2.12. The molecular weight excluding hydrogens is 247 g/mol. The molecule has 0 aliphatic carbocycles. The molecule has 2 aromatic carbocycles. The standard InChI is InChI=1S/C14H13FN2O2/c1-10-8-12(17(18)19)6-7-14(10)16-9-11-4-2-3-5-13(11)15/h2-8,16H,9H2,1H3. The van der Waals surface area contributed by atoms with Crippen molar-refractivity contribution in [3.05, 3.63) is 69.5 Å². The zero-order valence-electron chi connectivity index (χ0n) is 10.4. The molecule has 0 spiro atoms. The van der Waals surface area contributed by atoms with Crippen molar-refractivity contribution in [1.82, 2.24) is 0 Å². The minimum atomic E-state index is -0.437. The predicted molar refractivity (Wildman–Crippen MR) is 71.6 cm³/mol. The highest BCUT2D eigenvalue weighted by Gasteiger charge is 2.08. The third-order valence-electron chi connectivity index (χ3n) is 2.85. The Labute approximate surface area is 110 Å². The Balaban J connectivity index is 2.12. The molecule has 0 amide bonds. The van der Waals surface area contributed by atoms with Gasteiger partial charge in [0.2, 0.25) is 0 Å². The third-order valence-corrected chi connectivity index (χ3v) is 2.85. The van der Waals surface area contributed by atoms with Crippen LogP contribution in [0.25, 0.3) is 0 Å². The van der Waals surface area contributed by atoms with Crippen molar-refractivity contribution >= 4 is 11.4 Å². The second-order valence-corrected chi connectivity index (χ2v) is 4.20. The van der Waals surface area contributed by atoms with Crippen LogP contribution in [-0.4, -0.2) is 4.92 Å². The first-order chi connectivity index (χ1) is 9.08. The lowest BCUT2D eigenvalue weighted by Crippen LogP contribution is -2.03. The van der Waals surface area contributed by atoms with E-state index in [4.69, 9.17) is 0 Å². The summed E-state index contributed by atoms with van der Waals surface area (Å²) < 4.78 is 13.4. The van der Waals surface area contributed by atoms with Gasteiger partial charge in [0.05, 0.1) is 4.92 Å². The second-order valence-electron chi connectivity index (χ2n) is 4.20. The van der Waals surface area contributed by atoms with E-state index in [0.29, 0.717) is 12.1 Å². The van der Waals surface area contributed by atoms with Gasteiger partial charge in [-0.3, -0.25) is 10.1 Å².